The summed E-state index contributed by atoms with van der Waals surface area (Å²) in [5, 5.41) is 52.0. The molecule has 2 amide bonds. The Morgan fingerprint density at radius 3 is 2.38 bits per heavy atom. The number of hydrogen-bond acceptors (Lipinski definition) is 24. The number of nitrogens with one attached hydrogen (secondary N) is 3. The number of ether oxygens (including phenoxy) is 2. The van der Waals surface area contributed by atoms with Gasteiger partial charge >= 0.3 is 23.5 Å². The van der Waals surface area contributed by atoms with E-state index in [1.807, 2.05) is 36.4 Å². The van der Waals surface area contributed by atoms with Gasteiger partial charge in [-0.05, 0) is 41.0 Å². The summed E-state index contributed by atoms with van der Waals surface area (Å²) in [5.74, 6) is -1.78. The van der Waals surface area contributed by atoms with Gasteiger partial charge in [0.1, 0.15) is 66.4 Å². The van der Waals surface area contributed by atoms with Crippen LogP contribution >= 0.6 is 35.2 Å². The molecule has 0 radical (unpaired) electrons. The Labute approximate surface area is 446 Å². The number of benzene rings is 3. The highest BCUT2D eigenvalue weighted by atomic mass is 32.2. The molecule has 0 aliphatic carbocycles. The number of carbonyl (C=O) groups is 4. The maximum absolute atomic E-state index is 12.9. The molecule has 78 heavy (non-hydrogen) atoms. The molecule has 0 bridgehead atoms. The number of aliphatic hydroxyl groups excluding tert-OH is 2. The molecule has 1 saturated heterocycles. The second kappa shape index (κ2) is 26.3. The van der Waals surface area contributed by atoms with Crippen molar-refractivity contribution >= 4 is 91.9 Å². The number of thioether (sulfide) groups is 1. The Bertz CT molecular complexity index is 3170. The van der Waals surface area contributed by atoms with Crippen LogP contribution in [0.1, 0.15) is 32.1 Å². The predicted molar refractivity (Wildman–Crippen MR) is 276 cm³/mol. The number of fused-ring (bicyclic) bond motifs is 2. The zero-order chi connectivity index (χ0) is 57.2. The molecule has 8 atom stereocenters. The quantitative estimate of drug-likeness (QED) is 0.00840. The zero-order valence-electron chi connectivity index (χ0n) is 41.2. The smallest absolute Gasteiger partial charge is 0.481 e. The Kier molecular flexibility index (Phi) is 20.7. The fourth-order valence-corrected chi connectivity index (χ4v) is 10.9. The van der Waals surface area contributed by atoms with E-state index in [1.165, 1.54) is 26.0 Å². The molecule has 3 aromatic carbocycles. The molecule has 424 valence electrons. The van der Waals surface area contributed by atoms with Crippen molar-refractivity contribution in [1.82, 2.24) is 30.2 Å². The SMILES string of the molecule is CC(C)(COP(=O)(O)OP(=O)(O)OCC1OC(n2cnc3c(N)ncnc32)C(O)C1OP(=O)(O)O)C(O)C(=O)NCCC(=O)NCCSC(=O)C(N)Cc1cc(N/C(=C\C=O)COc2ccc3ccccc3c2)c(O)cc1O. The third-order valence-corrected chi connectivity index (χ3v) is 15.5. The average molecular weight is 1170 g/mol. The molecule has 0 saturated carbocycles. The van der Waals surface area contributed by atoms with Gasteiger partial charge in [-0.15, -0.1) is 0 Å². The highest BCUT2D eigenvalue weighted by molar-refractivity contribution is 8.13. The summed E-state index contributed by atoms with van der Waals surface area (Å²) in [6, 6.07) is 14.4. The van der Waals surface area contributed by atoms with E-state index in [9.17, 15) is 72.9 Å². The van der Waals surface area contributed by atoms with Crippen LogP contribution in [0.15, 0.2) is 79.0 Å². The molecule has 30 nitrogen and oxygen atoms in total. The van der Waals surface area contributed by atoms with Gasteiger partial charge in [0.25, 0.3) is 0 Å². The van der Waals surface area contributed by atoms with Crippen LogP contribution < -0.4 is 32.2 Å². The molecule has 5 aromatic rings. The predicted octanol–water partition coefficient (Wildman–Crippen LogP) is 1.37. The molecule has 1 aliphatic rings. The first-order chi connectivity index (χ1) is 36.7. The highest BCUT2D eigenvalue weighted by Gasteiger charge is 2.50. The first-order valence-corrected chi connectivity index (χ1v) is 28.6. The third-order valence-electron chi connectivity index (χ3n) is 11.4. The number of nitrogens with zero attached hydrogens (tertiary/aromatic N) is 4. The number of nitrogens with two attached hydrogens (primary N) is 2. The fraction of sp³-hybridized carbons (Fsp3) is 0.386. The minimum Gasteiger partial charge on any atom is -0.508 e. The number of rotatable bonds is 28. The number of amides is 2. The van der Waals surface area contributed by atoms with Gasteiger partial charge in [-0.2, -0.15) is 4.31 Å². The van der Waals surface area contributed by atoms with Crippen molar-refractivity contribution in [3.63, 3.8) is 0 Å². The fourth-order valence-electron chi connectivity index (χ4n) is 7.39. The van der Waals surface area contributed by atoms with E-state index in [-0.39, 0.29) is 83.7 Å². The van der Waals surface area contributed by atoms with Gasteiger partial charge < -0.3 is 76.9 Å². The molecule has 6 rings (SSSR count). The topological polar surface area (TPSA) is 468 Å². The maximum Gasteiger partial charge on any atom is 0.481 e. The number of phosphoric ester groups is 3. The van der Waals surface area contributed by atoms with Crippen LogP contribution in [0.4, 0.5) is 11.5 Å². The average Bonchev–Trinajstić information content (AvgIpc) is 3.94. The van der Waals surface area contributed by atoms with Crippen molar-refractivity contribution in [2.75, 3.05) is 49.7 Å². The van der Waals surface area contributed by atoms with Crippen molar-refractivity contribution in [1.29, 1.82) is 0 Å². The summed E-state index contributed by atoms with van der Waals surface area (Å²) in [7, 11) is -16.6. The van der Waals surface area contributed by atoms with Crippen molar-refractivity contribution in [3.05, 3.63) is 84.6 Å². The minimum atomic E-state index is -5.63. The molecule has 34 heteroatoms. The number of phenolic OH excluding ortho intramolecular Hbond substituents is 2. The number of nitrogen functional groups attached to an aromatic ring is 1. The van der Waals surface area contributed by atoms with Gasteiger partial charge in [-0.1, -0.05) is 55.9 Å². The van der Waals surface area contributed by atoms with Crippen LogP contribution in [0.25, 0.3) is 21.9 Å². The summed E-state index contributed by atoms with van der Waals surface area (Å²) in [6.07, 6.45) is -5.70. The van der Waals surface area contributed by atoms with Crippen LogP contribution in [0.2, 0.25) is 0 Å². The van der Waals surface area contributed by atoms with Gasteiger partial charge in [0.05, 0.1) is 37.0 Å². The summed E-state index contributed by atoms with van der Waals surface area (Å²) >= 11 is 0.797. The number of aliphatic hydroxyl groups is 2. The number of allylic oxidation sites excluding steroid dienone is 1. The van der Waals surface area contributed by atoms with Crippen LogP contribution in [-0.4, -0.2) is 152 Å². The van der Waals surface area contributed by atoms with Crippen LogP contribution in [0, 0.1) is 5.41 Å². The van der Waals surface area contributed by atoms with E-state index in [4.69, 9.17) is 30.0 Å². The number of carbonyl (C=O) groups excluding carboxylic acids is 4. The lowest BCUT2D eigenvalue weighted by atomic mass is 9.87. The Morgan fingerprint density at radius 1 is 0.949 bits per heavy atom. The van der Waals surface area contributed by atoms with Gasteiger partial charge in [0.2, 0.25) is 16.9 Å². The van der Waals surface area contributed by atoms with E-state index >= 15 is 0 Å². The van der Waals surface area contributed by atoms with Crippen molar-refractivity contribution < 1.29 is 100 Å². The molecule has 3 heterocycles. The molecular formula is C44H56N9O21P3S. The Morgan fingerprint density at radius 2 is 1.67 bits per heavy atom. The molecule has 1 aliphatic heterocycles. The summed E-state index contributed by atoms with van der Waals surface area (Å²) in [5.41, 5.74) is 10.9. The van der Waals surface area contributed by atoms with Crippen LogP contribution in [0.3, 0.4) is 0 Å². The van der Waals surface area contributed by atoms with Gasteiger partial charge in [-0.25, -0.2) is 28.6 Å². The van der Waals surface area contributed by atoms with E-state index < -0.39 is 95.7 Å². The normalized spacial score (nSPS) is 19.4. The van der Waals surface area contributed by atoms with Crippen LogP contribution in [0.5, 0.6) is 17.2 Å². The van der Waals surface area contributed by atoms with Gasteiger partial charge in [0, 0.05) is 42.8 Å². The molecule has 8 unspecified atom stereocenters. The van der Waals surface area contributed by atoms with E-state index in [0.717, 1.165) is 45.8 Å². The summed E-state index contributed by atoms with van der Waals surface area (Å²) < 4.78 is 68.4. The monoisotopic (exact) mass is 1170 g/mol. The van der Waals surface area contributed by atoms with Crippen molar-refractivity contribution in [2.45, 2.75) is 63.4 Å². The lowest BCUT2D eigenvalue weighted by molar-refractivity contribution is -0.137. The number of anilines is 2. The molecule has 0 spiro atoms. The maximum atomic E-state index is 12.9. The molecular weight excluding hydrogens is 1120 g/mol. The number of hydrogen-bond donors (Lipinski definition) is 13. The van der Waals surface area contributed by atoms with E-state index in [2.05, 4.69) is 39.7 Å². The standard InChI is InChI=1S/C44H56N9O21P3S/c1-44(2,21-71-77(67,68)74-76(65,66)70-20-33-37(73-75(62,63)64)36(58)42(72-33)53-23-51-35-39(46)49-22-50-40(35)53)38(59)41(60)48-11-9-34(57)47-12-14-78-43(61)29(45)16-26-17-30(32(56)18-31(26)55)52-27(10-13-54)19-69-28-8-7-24-5-3-4-6-25(24)15-28/h3-8,10,13,15,17-18,22-23,29,33,36-38,42,52,55-56,58-59H,9,11-12,14,16,19-21,45H2,1-2H3,(H,47,57)(H,48,60)(H,65,66)(H,67,68)(H2,46,49,50)(H2,62,63,64)/b27-10-. The Balaban J connectivity index is 0.890. The summed E-state index contributed by atoms with van der Waals surface area (Å²) in [4.78, 5) is 101. The van der Waals surface area contributed by atoms with Gasteiger partial charge in [-0.3, -0.25) is 37.3 Å². The molecule has 15 N–H and O–H groups in total. The van der Waals surface area contributed by atoms with E-state index in [0.29, 0.717) is 12.0 Å². The minimum absolute atomic E-state index is 0.00894. The van der Waals surface area contributed by atoms with Crippen molar-refractivity contribution in [2.24, 2.45) is 11.1 Å². The Hall–Kier alpha value is -5.95. The second-order valence-electron chi connectivity index (χ2n) is 17.8. The number of phosphoric acid groups is 3. The second-order valence-corrected chi connectivity index (χ2v) is 23.1. The third kappa shape index (κ3) is 17.0. The largest absolute Gasteiger partial charge is 0.508 e. The lowest BCUT2D eigenvalue weighted by Gasteiger charge is -2.30. The number of aldehydes is 1. The summed E-state index contributed by atoms with van der Waals surface area (Å²) in [6.45, 7) is -0.0858. The van der Waals surface area contributed by atoms with Crippen molar-refractivity contribution in [3.8, 4) is 17.2 Å². The van der Waals surface area contributed by atoms with Crippen LogP contribution in [-0.2, 0) is 61.9 Å². The number of imidazole rings is 1. The molecule has 2 aromatic heterocycles. The number of aromatic hydroxyl groups is 2. The first-order valence-electron chi connectivity index (χ1n) is 23.0. The highest BCUT2D eigenvalue weighted by Crippen LogP contribution is 2.61. The van der Waals surface area contributed by atoms with Gasteiger partial charge in [0.15, 0.2) is 17.7 Å². The number of phenols is 2. The lowest BCUT2D eigenvalue weighted by Crippen LogP contribution is -2.46. The van der Waals surface area contributed by atoms with E-state index in [1.54, 1.807) is 6.07 Å². The first kappa shape index (κ1) is 61.3. The molecule has 1 fully saturated rings. The number of aromatic nitrogens is 4. The zero-order valence-corrected chi connectivity index (χ0v) is 44.7.